The van der Waals surface area contributed by atoms with E-state index in [1.165, 1.54) is 138 Å². The molecule has 13 aromatic rings. The molecule has 2 aliphatic heterocycles. The van der Waals surface area contributed by atoms with E-state index in [1.54, 1.807) is 0 Å². The lowest BCUT2D eigenvalue weighted by molar-refractivity contribution is 0.488. The molecule has 2 nitrogen and oxygen atoms in total. The highest BCUT2D eigenvalue weighted by Gasteiger charge is 2.40. The first-order valence-corrected chi connectivity index (χ1v) is 25.9. The van der Waals surface area contributed by atoms with Crippen LogP contribution in [0.5, 0.6) is 11.5 Å². The van der Waals surface area contributed by atoms with Crippen molar-refractivity contribution in [3.05, 3.63) is 265 Å². The van der Waals surface area contributed by atoms with E-state index in [2.05, 4.69) is 253 Å². The summed E-state index contributed by atoms with van der Waals surface area (Å²) in [6.45, 7) is 0.0879. The highest BCUT2D eigenvalue weighted by Crippen LogP contribution is 2.53. The third-order valence-corrected chi connectivity index (χ3v) is 16.9. The van der Waals surface area contributed by atoms with Crippen molar-refractivity contribution in [1.29, 1.82) is 0 Å². The van der Waals surface area contributed by atoms with Gasteiger partial charge in [-0.25, -0.2) is 0 Å². The van der Waals surface area contributed by atoms with Crippen LogP contribution in [-0.2, 0) is 0 Å². The van der Waals surface area contributed by atoms with Gasteiger partial charge in [-0.15, -0.1) is 0 Å². The minimum Gasteiger partial charge on any atom is -0.458 e. The molecule has 340 valence electrons. The third-order valence-electron chi connectivity index (χ3n) is 16.9. The molecule has 1 aromatic heterocycles. The maximum absolute atomic E-state index is 6.98. The van der Waals surface area contributed by atoms with Crippen LogP contribution in [0.15, 0.2) is 249 Å². The summed E-state index contributed by atoms with van der Waals surface area (Å²) in [5, 5.41) is 5.03. The van der Waals surface area contributed by atoms with Crippen molar-refractivity contribution in [1.82, 2.24) is 4.57 Å². The maximum atomic E-state index is 6.98. The Morgan fingerprint density at radius 3 is 1.73 bits per heavy atom. The monoisotopic (exact) mass is 935 g/mol. The standard InChI is InChI=1S/C71H42BNO/c1-2-21-48-44(17-1)45-18-5-8-26-54(45)69-55(29-16-33-65(69)73-63-32-13-10-23-51(63)60-40-43(36-38-64(60)73)68-52-24-6-3-19-46(52)47-20-4-7-25-53(47)68)49-37-35-42(39-59(48)49)58-41-67-71-70-56(27-15-28-57(58)70)50-22-9-11-30-61(50)72(71)62-31-12-14-34-66(62)74-67/h1-41,68H. The molecule has 0 spiro atoms. The van der Waals surface area contributed by atoms with Gasteiger partial charge in [0, 0.05) is 22.3 Å². The molecule has 2 aliphatic carbocycles. The van der Waals surface area contributed by atoms with Gasteiger partial charge in [0.15, 0.2) is 0 Å². The lowest BCUT2D eigenvalue weighted by Gasteiger charge is -2.34. The van der Waals surface area contributed by atoms with Crippen molar-refractivity contribution < 1.29 is 4.74 Å². The molecule has 0 N–H and O–H groups in total. The molecule has 0 unspecified atom stereocenters. The van der Waals surface area contributed by atoms with Crippen molar-refractivity contribution in [2.24, 2.45) is 0 Å². The number of benzene rings is 12. The normalized spacial score (nSPS) is 13.2. The van der Waals surface area contributed by atoms with Crippen molar-refractivity contribution in [3.63, 3.8) is 0 Å². The zero-order valence-electron chi connectivity index (χ0n) is 40.2. The first kappa shape index (κ1) is 40.2. The molecule has 12 aromatic carbocycles. The van der Waals surface area contributed by atoms with Gasteiger partial charge in [-0.2, -0.15) is 0 Å². The second-order valence-corrected chi connectivity index (χ2v) is 20.5. The van der Waals surface area contributed by atoms with Gasteiger partial charge in [-0.05, 0) is 153 Å². The SMILES string of the molecule is c1ccc2c(c1)Oc1cc(-c3ccc4c(c3)-c3ccccc3-c3ccccc3-c3c-4cccc3-n3c4ccccc4c4cc(C5c6ccccc6-c6ccccc65)ccc43)c3cccc4c3c1B2c1ccccc1-4. The van der Waals surface area contributed by atoms with Crippen LogP contribution in [0, 0.1) is 0 Å². The minimum atomic E-state index is 0.0879. The van der Waals surface area contributed by atoms with E-state index in [4.69, 9.17) is 4.74 Å². The highest BCUT2D eigenvalue weighted by atomic mass is 16.5. The molecule has 0 atom stereocenters. The van der Waals surface area contributed by atoms with Crippen LogP contribution in [0.2, 0.25) is 0 Å². The molecule has 3 heterocycles. The summed E-state index contributed by atoms with van der Waals surface area (Å²) in [4.78, 5) is 0. The molecule has 0 saturated carbocycles. The smallest absolute Gasteiger partial charge is 0.252 e. The average Bonchev–Trinajstić information content (AvgIpc) is 4.04. The van der Waals surface area contributed by atoms with Gasteiger partial charge in [0.1, 0.15) is 11.5 Å². The van der Waals surface area contributed by atoms with E-state index >= 15 is 0 Å². The van der Waals surface area contributed by atoms with Crippen molar-refractivity contribution in [3.8, 4) is 95.1 Å². The van der Waals surface area contributed by atoms with Crippen LogP contribution in [0.4, 0.5) is 0 Å². The Hall–Kier alpha value is -9.44. The van der Waals surface area contributed by atoms with E-state index in [0.29, 0.717) is 0 Å². The Balaban J connectivity index is 0.900. The molecule has 0 fully saturated rings. The van der Waals surface area contributed by atoms with Crippen LogP contribution in [0.25, 0.3) is 116 Å². The predicted octanol–water partition coefficient (Wildman–Crippen LogP) is 16.3. The van der Waals surface area contributed by atoms with E-state index in [-0.39, 0.29) is 12.6 Å². The predicted molar refractivity (Wildman–Crippen MR) is 308 cm³/mol. The van der Waals surface area contributed by atoms with Gasteiger partial charge < -0.3 is 9.30 Å². The molecule has 0 saturated heterocycles. The Morgan fingerprint density at radius 1 is 0.338 bits per heavy atom. The van der Waals surface area contributed by atoms with Crippen LogP contribution in [0.3, 0.4) is 0 Å². The molecule has 3 heteroatoms. The second-order valence-electron chi connectivity index (χ2n) is 20.5. The number of rotatable bonds is 3. The second kappa shape index (κ2) is 15.1. The maximum Gasteiger partial charge on any atom is 0.252 e. The minimum absolute atomic E-state index is 0.0879. The third kappa shape index (κ3) is 5.40. The fraction of sp³-hybridized carbons (Fsp3) is 0.0141. The van der Waals surface area contributed by atoms with Gasteiger partial charge in [0.25, 0.3) is 6.71 Å². The molecule has 74 heavy (non-hydrogen) atoms. The summed E-state index contributed by atoms with van der Waals surface area (Å²) in [7, 11) is 0. The topological polar surface area (TPSA) is 14.2 Å². The Morgan fingerprint density at radius 2 is 0.919 bits per heavy atom. The number of ether oxygens (including phenoxy) is 1. The van der Waals surface area contributed by atoms with Crippen LogP contribution in [0.1, 0.15) is 22.6 Å². The zero-order chi connectivity index (χ0) is 48.2. The van der Waals surface area contributed by atoms with Crippen LogP contribution < -0.4 is 21.1 Å². The summed E-state index contributed by atoms with van der Waals surface area (Å²) in [5.74, 6) is 2.03. The summed E-state index contributed by atoms with van der Waals surface area (Å²) < 4.78 is 9.51. The molecular weight excluding hydrogens is 894 g/mol. The molecule has 4 aliphatic rings. The quantitative estimate of drug-likeness (QED) is 0.161. The molecule has 0 amide bonds. The van der Waals surface area contributed by atoms with Crippen molar-refractivity contribution >= 4 is 55.7 Å². The Bertz CT molecular complexity index is 4570. The largest absolute Gasteiger partial charge is 0.458 e. The molecule has 0 bridgehead atoms. The average molecular weight is 936 g/mol. The van der Waals surface area contributed by atoms with E-state index in [9.17, 15) is 0 Å². The van der Waals surface area contributed by atoms with Gasteiger partial charge >= 0.3 is 0 Å². The molecule has 0 radical (unpaired) electrons. The number of hydrogen-bond donors (Lipinski definition) is 0. The van der Waals surface area contributed by atoms with Crippen molar-refractivity contribution in [2.75, 3.05) is 0 Å². The first-order valence-electron chi connectivity index (χ1n) is 25.9. The number of para-hydroxylation sites is 2. The van der Waals surface area contributed by atoms with Gasteiger partial charge in [0.2, 0.25) is 0 Å². The zero-order valence-corrected chi connectivity index (χ0v) is 40.2. The van der Waals surface area contributed by atoms with E-state index in [1.807, 2.05) is 0 Å². The first-order chi connectivity index (χ1) is 36.7. The van der Waals surface area contributed by atoms with Gasteiger partial charge in [0.05, 0.1) is 16.7 Å². The summed E-state index contributed by atoms with van der Waals surface area (Å²) in [5.41, 5.74) is 28.7. The van der Waals surface area contributed by atoms with Crippen molar-refractivity contribution in [2.45, 2.75) is 5.92 Å². The fourth-order valence-corrected chi connectivity index (χ4v) is 14.0. The summed E-state index contributed by atoms with van der Waals surface area (Å²) in [6, 6.07) is 93.1. The van der Waals surface area contributed by atoms with E-state index < -0.39 is 0 Å². The van der Waals surface area contributed by atoms with Gasteiger partial charge in [-0.3, -0.25) is 0 Å². The van der Waals surface area contributed by atoms with Gasteiger partial charge in [-0.1, -0.05) is 212 Å². The molecular formula is C71H42BNO. The number of nitrogens with zero attached hydrogens (tertiary/aromatic N) is 1. The number of aromatic nitrogens is 1. The fourth-order valence-electron chi connectivity index (χ4n) is 14.0. The highest BCUT2D eigenvalue weighted by molar-refractivity contribution is 7.00. The van der Waals surface area contributed by atoms with E-state index in [0.717, 1.165) is 22.7 Å². The Kier molecular flexibility index (Phi) is 8.18. The molecule has 17 rings (SSSR count). The number of fused-ring (bicyclic) bond motifs is 19. The van der Waals surface area contributed by atoms with Crippen LogP contribution >= 0.6 is 0 Å². The number of hydrogen-bond acceptors (Lipinski definition) is 1. The lowest BCUT2D eigenvalue weighted by Crippen LogP contribution is -2.57. The Labute approximate surface area is 429 Å². The summed E-state index contributed by atoms with van der Waals surface area (Å²) >= 11 is 0. The lowest BCUT2D eigenvalue weighted by atomic mass is 9.33. The van der Waals surface area contributed by atoms with Crippen LogP contribution in [-0.4, -0.2) is 11.3 Å². The summed E-state index contributed by atoms with van der Waals surface area (Å²) in [6.07, 6.45) is 0.